The molecule has 5 nitrogen and oxygen atoms in total. The molecule has 0 bridgehead atoms. The number of hydrogen-bond acceptors (Lipinski definition) is 4. The maximum atomic E-state index is 13.8. The highest BCUT2D eigenvalue weighted by molar-refractivity contribution is 5.58. The van der Waals surface area contributed by atoms with Crippen molar-refractivity contribution in [3.63, 3.8) is 0 Å². The van der Waals surface area contributed by atoms with E-state index in [-0.39, 0.29) is 11.4 Å². The number of anilines is 1. The molecule has 1 aromatic heterocycles. The highest BCUT2D eigenvalue weighted by Gasteiger charge is 2.22. The van der Waals surface area contributed by atoms with Gasteiger partial charge in [-0.3, -0.25) is 9.69 Å². The molecule has 0 fully saturated rings. The lowest BCUT2D eigenvalue weighted by Crippen LogP contribution is -2.35. The first-order valence-corrected chi connectivity index (χ1v) is 8.95. The first kappa shape index (κ1) is 17.4. The molecule has 0 aliphatic carbocycles. The van der Waals surface area contributed by atoms with Crippen molar-refractivity contribution in [2.24, 2.45) is 0 Å². The molecular weight excluding hydrogens is 343 g/mol. The van der Waals surface area contributed by atoms with Crippen LogP contribution in [0.1, 0.15) is 22.4 Å². The minimum absolute atomic E-state index is 0.0894. The molecule has 2 heterocycles. The summed E-state index contributed by atoms with van der Waals surface area (Å²) in [5.41, 5.74) is 10.3. The summed E-state index contributed by atoms with van der Waals surface area (Å²) >= 11 is 0. The molecule has 6 heteroatoms. The van der Waals surface area contributed by atoms with Crippen molar-refractivity contribution in [3.8, 4) is 11.4 Å². The van der Waals surface area contributed by atoms with Crippen LogP contribution in [0.15, 0.2) is 47.3 Å². The first-order valence-electron chi connectivity index (χ1n) is 8.95. The van der Waals surface area contributed by atoms with E-state index in [2.05, 4.69) is 9.88 Å². The number of H-pyrrole nitrogens is 1. The van der Waals surface area contributed by atoms with Gasteiger partial charge in [0.2, 0.25) is 0 Å². The number of aromatic nitrogens is 2. The van der Waals surface area contributed by atoms with Gasteiger partial charge in [0.15, 0.2) is 0 Å². The number of nitrogens with two attached hydrogens (primary N) is 1. The van der Waals surface area contributed by atoms with Gasteiger partial charge in [0.25, 0.3) is 5.56 Å². The molecular formula is C21H21FN4O. The minimum atomic E-state index is -0.190. The fraction of sp³-hybridized carbons (Fsp3) is 0.238. The van der Waals surface area contributed by atoms with Gasteiger partial charge in [0.05, 0.1) is 5.69 Å². The van der Waals surface area contributed by atoms with E-state index in [1.807, 2.05) is 18.2 Å². The molecule has 0 saturated heterocycles. The molecule has 4 rings (SSSR count). The van der Waals surface area contributed by atoms with Crippen molar-refractivity contribution in [2.75, 3.05) is 12.3 Å². The maximum Gasteiger partial charge on any atom is 0.254 e. The third-order valence-electron chi connectivity index (χ3n) is 5.11. The SMILES string of the molecule is Cc1c(F)cccc1CN1CCc2c(nc(-c3ccc(N)cc3)[nH]c2=O)C1. The number of fused-ring (bicyclic) bond motifs is 1. The Morgan fingerprint density at radius 1 is 1.22 bits per heavy atom. The average Bonchev–Trinajstić information content (AvgIpc) is 2.66. The summed E-state index contributed by atoms with van der Waals surface area (Å²) in [6, 6.07) is 12.4. The molecule has 1 aliphatic rings. The fourth-order valence-electron chi connectivity index (χ4n) is 3.47. The van der Waals surface area contributed by atoms with E-state index in [1.165, 1.54) is 6.07 Å². The van der Waals surface area contributed by atoms with Gasteiger partial charge in [0, 0.05) is 36.4 Å². The average molecular weight is 364 g/mol. The van der Waals surface area contributed by atoms with Crippen molar-refractivity contribution >= 4 is 5.69 Å². The zero-order chi connectivity index (χ0) is 19.0. The summed E-state index contributed by atoms with van der Waals surface area (Å²) in [4.78, 5) is 22.3. The summed E-state index contributed by atoms with van der Waals surface area (Å²) in [5.74, 6) is 0.354. The van der Waals surface area contributed by atoms with E-state index in [0.29, 0.717) is 36.6 Å². The van der Waals surface area contributed by atoms with E-state index in [4.69, 9.17) is 10.7 Å². The summed E-state index contributed by atoms with van der Waals surface area (Å²) < 4.78 is 13.8. The van der Waals surface area contributed by atoms with Gasteiger partial charge < -0.3 is 10.7 Å². The highest BCUT2D eigenvalue weighted by atomic mass is 19.1. The van der Waals surface area contributed by atoms with Crippen LogP contribution in [-0.2, 0) is 19.5 Å². The standard InChI is InChI=1S/C21H21FN4O/c1-13-15(3-2-4-18(13)22)11-26-10-9-17-19(12-26)24-20(25-21(17)27)14-5-7-16(23)8-6-14/h2-8H,9-12,23H2,1H3,(H,24,25,27). The van der Waals surface area contributed by atoms with Crippen LogP contribution in [0, 0.1) is 12.7 Å². The van der Waals surface area contributed by atoms with E-state index in [1.54, 1.807) is 25.1 Å². The molecule has 27 heavy (non-hydrogen) atoms. The van der Waals surface area contributed by atoms with Gasteiger partial charge in [0.1, 0.15) is 11.6 Å². The van der Waals surface area contributed by atoms with Crippen LogP contribution in [-0.4, -0.2) is 21.4 Å². The van der Waals surface area contributed by atoms with Gasteiger partial charge in [-0.15, -0.1) is 0 Å². The number of benzene rings is 2. The number of nitrogen functional groups attached to an aromatic ring is 1. The third kappa shape index (κ3) is 3.48. The van der Waals surface area contributed by atoms with Crippen molar-refractivity contribution in [2.45, 2.75) is 26.4 Å². The van der Waals surface area contributed by atoms with E-state index >= 15 is 0 Å². The lowest BCUT2D eigenvalue weighted by Gasteiger charge is -2.28. The number of nitrogens with one attached hydrogen (secondary N) is 1. The lowest BCUT2D eigenvalue weighted by atomic mass is 10.0. The Morgan fingerprint density at radius 3 is 2.78 bits per heavy atom. The van der Waals surface area contributed by atoms with Crippen LogP contribution >= 0.6 is 0 Å². The van der Waals surface area contributed by atoms with Gasteiger partial charge >= 0.3 is 0 Å². The Hall–Kier alpha value is -2.99. The zero-order valence-corrected chi connectivity index (χ0v) is 15.1. The molecule has 0 spiro atoms. The van der Waals surface area contributed by atoms with Crippen molar-refractivity contribution < 1.29 is 4.39 Å². The molecule has 0 unspecified atom stereocenters. The predicted molar refractivity (Wildman–Crippen MR) is 104 cm³/mol. The van der Waals surface area contributed by atoms with Gasteiger partial charge in [-0.2, -0.15) is 0 Å². The monoisotopic (exact) mass is 364 g/mol. The quantitative estimate of drug-likeness (QED) is 0.701. The minimum Gasteiger partial charge on any atom is -0.399 e. The molecule has 138 valence electrons. The first-order chi connectivity index (χ1) is 13.0. The second-order valence-electron chi connectivity index (χ2n) is 6.95. The number of halogens is 1. The predicted octanol–water partition coefficient (Wildman–Crippen LogP) is 3.02. The van der Waals surface area contributed by atoms with Crippen LogP contribution in [0.3, 0.4) is 0 Å². The third-order valence-corrected chi connectivity index (χ3v) is 5.11. The summed E-state index contributed by atoms with van der Waals surface area (Å²) in [6.07, 6.45) is 0.633. The second kappa shape index (κ2) is 6.96. The number of hydrogen-bond donors (Lipinski definition) is 2. The Balaban J connectivity index is 1.62. The summed E-state index contributed by atoms with van der Waals surface area (Å²) in [6.45, 7) is 3.74. The number of rotatable bonds is 3. The maximum absolute atomic E-state index is 13.8. The van der Waals surface area contributed by atoms with Gasteiger partial charge in [-0.1, -0.05) is 12.1 Å². The van der Waals surface area contributed by atoms with Crippen molar-refractivity contribution in [3.05, 3.63) is 81.0 Å². The fourth-order valence-corrected chi connectivity index (χ4v) is 3.47. The highest BCUT2D eigenvalue weighted by Crippen LogP contribution is 2.22. The van der Waals surface area contributed by atoms with Gasteiger partial charge in [-0.25, -0.2) is 9.37 Å². The Labute approximate surface area is 156 Å². The van der Waals surface area contributed by atoms with E-state index in [9.17, 15) is 9.18 Å². The Morgan fingerprint density at radius 2 is 2.00 bits per heavy atom. The molecule has 0 amide bonds. The second-order valence-corrected chi connectivity index (χ2v) is 6.95. The van der Waals surface area contributed by atoms with Crippen LogP contribution in [0.2, 0.25) is 0 Å². The van der Waals surface area contributed by atoms with E-state index in [0.717, 1.165) is 28.9 Å². The topological polar surface area (TPSA) is 75.0 Å². The van der Waals surface area contributed by atoms with Crippen molar-refractivity contribution in [1.82, 2.24) is 14.9 Å². The molecule has 0 radical (unpaired) electrons. The molecule has 0 atom stereocenters. The van der Waals surface area contributed by atoms with Crippen LogP contribution in [0.4, 0.5) is 10.1 Å². The molecule has 3 aromatic rings. The Kier molecular flexibility index (Phi) is 4.49. The zero-order valence-electron chi connectivity index (χ0n) is 15.1. The van der Waals surface area contributed by atoms with Crippen LogP contribution < -0.4 is 11.3 Å². The van der Waals surface area contributed by atoms with Crippen LogP contribution in [0.25, 0.3) is 11.4 Å². The normalized spacial score (nSPS) is 14.1. The molecule has 0 saturated carbocycles. The summed E-state index contributed by atoms with van der Waals surface area (Å²) in [7, 11) is 0. The van der Waals surface area contributed by atoms with Crippen molar-refractivity contribution in [1.29, 1.82) is 0 Å². The lowest BCUT2D eigenvalue weighted by molar-refractivity contribution is 0.240. The molecule has 1 aliphatic heterocycles. The van der Waals surface area contributed by atoms with Crippen LogP contribution in [0.5, 0.6) is 0 Å². The number of nitrogens with zero attached hydrogens (tertiary/aromatic N) is 2. The smallest absolute Gasteiger partial charge is 0.254 e. The Bertz CT molecular complexity index is 1040. The largest absolute Gasteiger partial charge is 0.399 e. The van der Waals surface area contributed by atoms with Gasteiger partial charge in [-0.05, 0) is 54.8 Å². The molecule has 3 N–H and O–H groups in total. The summed E-state index contributed by atoms with van der Waals surface area (Å²) in [5, 5.41) is 0. The number of aromatic amines is 1. The van der Waals surface area contributed by atoms with E-state index < -0.39 is 0 Å². The molecule has 2 aromatic carbocycles.